The first kappa shape index (κ1) is 27.4. The van der Waals surface area contributed by atoms with E-state index in [0.717, 1.165) is 31.0 Å². The Morgan fingerprint density at radius 2 is 1.92 bits per heavy atom. The molecule has 2 N–H and O–H groups in total. The molecule has 8 nitrogen and oxygen atoms in total. The van der Waals surface area contributed by atoms with Gasteiger partial charge in [0.1, 0.15) is 6.04 Å². The average Bonchev–Trinajstić information content (AvgIpc) is 3.61. The van der Waals surface area contributed by atoms with Crippen LogP contribution in [0.15, 0.2) is 18.2 Å². The number of nitrogens with one attached hydrogen (secondary N) is 1. The minimum absolute atomic E-state index is 0.0135. The molecular weight excluding hydrogens is 520 g/mol. The Bertz CT molecular complexity index is 1070. The molecule has 1 aromatic rings. The predicted molar refractivity (Wildman–Crippen MR) is 127 cm³/mol. The van der Waals surface area contributed by atoms with Gasteiger partial charge >= 0.3 is 12.2 Å². The molecule has 4 amide bonds. The third kappa shape index (κ3) is 5.79. The fourth-order valence-electron chi connectivity index (χ4n) is 5.00. The highest BCUT2D eigenvalue weighted by molar-refractivity contribution is 6.31. The van der Waals surface area contributed by atoms with Crippen molar-refractivity contribution >= 4 is 35.1 Å². The molecule has 1 saturated carbocycles. The Kier molecular flexibility index (Phi) is 7.62. The van der Waals surface area contributed by atoms with Gasteiger partial charge in [0.15, 0.2) is 6.17 Å². The molecule has 3 atom stereocenters. The number of nitrogens with zero attached hydrogens (tertiary/aromatic N) is 3. The molecule has 1 aromatic carbocycles. The Balaban J connectivity index is 1.27. The van der Waals surface area contributed by atoms with Gasteiger partial charge in [-0.1, -0.05) is 11.6 Å². The zero-order valence-electron chi connectivity index (χ0n) is 20.2. The van der Waals surface area contributed by atoms with Gasteiger partial charge in [0, 0.05) is 44.8 Å². The van der Waals surface area contributed by atoms with Crippen LogP contribution in [0.5, 0.6) is 0 Å². The molecule has 3 fully saturated rings. The summed E-state index contributed by atoms with van der Waals surface area (Å²) < 4.78 is 53.4. The number of hydrogen-bond donors (Lipinski definition) is 2. The number of carbonyl (C=O) groups is 3. The van der Waals surface area contributed by atoms with Crippen molar-refractivity contribution in [2.75, 3.05) is 38.0 Å². The lowest BCUT2D eigenvalue weighted by atomic mass is 9.90. The van der Waals surface area contributed by atoms with E-state index in [2.05, 4.69) is 5.32 Å². The van der Waals surface area contributed by atoms with Crippen LogP contribution in [0.4, 0.5) is 28.0 Å². The van der Waals surface area contributed by atoms with Gasteiger partial charge in [0.2, 0.25) is 5.91 Å². The molecule has 0 radical (unpaired) electrons. The van der Waals surface area contributed by atoms with E-state index in [4.69, 9.17) is 11.6 Å². The summed E-state index contributed by atoms with van der Waals surface area (Å²) in [5.41, 5.74) is -1.09. The third-order valence-electron chi connectivity index (χ3n) is 7.64. The summed E-state index contributed by atoms with van der Waals surface area (Å²) >= 11 is 5.69. The van der Waals surface area contributed by atoms with Gasteiger partial charge in [0.25, 0.3) is 5.91 Å². The fraction of sp³-hybridized carbons (Fsp3) is 0.625. The summed E-state index contributed by atoms with van der Waals surface area (Å²) in [7, 11) is 0. The lowest BCUT2D eigenvalue weighted by Crippen LogP contribution is -2.58. The number of aliphatic hydroxyl groups excluding tert-OH is 1. The Morgan fingerprint density at radius 3 is 2.51 bits per heavy atom. The molecular formula is C24H29ClF4N4O4. The molecule has 0 unspecified atom stereocenters. The van der Waals surface area contributed by atoms with Crippen molar-refractivity contribution in [2.24, 2.45) is 5.41 Å². The van der Waals surface area contributed by atoms with Crippen molar-refractivity contribution in [2.45, 2.75) is 57.1 Å². The van der Waals surface area contributed by atoms with Gasteiger partial charge < -0.3 is 25.1 Å². The molecule has 2 aliphatic heterocycles. The molecule has 1 spiro atoms. The van der Waals surface area contributed by atoms with Gasteiger partial charge in [-0.15, -0.1) is 0 Å². The Morgan fingerprint density at radius 1 is 1.22 bits per heavy atom. The second-order valence-corrected chi connectivity index (χ2v) is 10.4. The number of alkyl halides is 4. The molecule has 2 saturated heterocycles. The Hall–Kier alpha value is -2.60. The standard InChI is InChI=1S/C24H29ClF4N4O4/c1-14-20(35)31(8-4-18(26)21(36)32-9-7-23(5-6-23)19(34)13-32)10-11-33(14)22(37)30-15-2-3-16(17(25)12-15)24(27,28)29/h2-3,12,14,18-19,34H,4-11,13H2,1H3,(H,30,37)/t14-,18-,19-/m0/s1. The summed E-state index contributed by atoms with van der Waals surface area (Å²) in [6.45, 7) is 2.22. The van der Waals surface area contributed by atoms with Crippen LogP contribution in [0.2, 0.25) is 5.02 Å². The smallest absolute Gasteiger partial charge is 0.391 e. The van der Waals surface area contributed by atoms with E-state index in [-0.39, 0.29) is 43.7 Å². The maximum absolute atomic E-state index is 14.7. The number of piperidine rings is 1. The number of amides is 4. The molecule has 13 heteroatoms. The van der Waals surface area contributed by atoms with Crippen LogP contribution in [-0.4, -0.2) is 88.7 Å². The van der Waals surface area contributed by atoms with E-state index in [9.17, 15) is 37.1 Å². The molecule has 0 bridgehead atoms. The van der Waals surface area contributed by atoms with Crippen LogP contribution in [0.1, 0.15) is 38.2 Å². The van der Waals surface area contributed by atoms with E-state index in [1.165, 1.54) is 21.6 Å². The van der Waals surface area contributed by atoms with E-state index in [1.54, 1.807) is 0 Å². The van der Waals surface area contributed by atoms with E-state index in [1.807, 2.05) is 0 Å². The van der Waals surface area contributed by atoms with Gasteiger partial charge in [-0.25, -0.2) is 9.18 Å². The summed E-state index contributed by atoms with van der Waals surface area (Å²) in [6.07, 6.45) is -4.77. The number of likely N-dealkylation sites (tertiary alicyclic amines) is 1. The first-order valence-electron chi connectivity index (χ1n) is 12.2. The topological polar surface area (TPSA) is 93.2 Å². The number of aliphatic hydroxyl groups is 1. The van der Waals surface area contributed by atoms with Gasteiger partial charge in [0.05, 0.1) is 16.7 Å². The van der Waals surface area contributed by atoms with Gasteiger partial charge in [-0.3, -0.25) is 9.59 Å². The predicted octanol–water partition coefficient (Wildman–Crippen LogP) is 3.53. The number of piperazine rings is 1. The van der Waals surface area contributed by atoms with Crippen LogP contribution in [-0.2, 0) is 15.8 Å². The number of halogens is 5. The van der Waals surface area contributed by atoms with Crippen molar-refractivity contribution in [3.05, 3.63) is 28.8 Å². The average molecular weight is 549 g/mol. The van der Waals surface area contributed by atoms with Crippen molar-refractivity contribution in [1.82, 2.24) is 14.7 Å². The van der Waals surface area contributed by atoms with Crippen LogP contribution >= 0.6 is 11.6 Å². The number of urea groups is 1. The number of carbonyl (C=O) groups excluding carboxylic acids is 3. The third-order valence-corrected chi connectivity index (χ3v) is 7.95. The quantitative estimate of drug-likeness (QED) is 0.551. The zero-order valence-corrected chi connectivity index (χ0v) is 21.0. The lowest BCUT2D eigenvalue weighted by molar-refractivity contribution is -0.144. The first-order chi connectivity index (χ1) is 17.3. The normalized spacial score (nSPS) is 24.3. The maximum atomic E-state index is 14.7. The second kappa shape index (κ2) is 10.3. The molecule has 4 rings (SSSR count). The number of hydrogen-bond acceptors (Lipinski definition) is 4. The van der Waals surface area contributed by atoms with Crippen molar-refractivity contribution in [1.29, 1.82) is 0 Å². The van der Waals surface area contributed by atoms with Crippen LogP contribution in [0.25, 0.3) is 0 Å². The minimum atomic E-state index is -4.63. The summed E-state index contributed by atoms with van der Waals surface area (Å²) in [5, 5.41) is 12.1. The van der Waals surface area contributed by atoms with Crippen molar-refractivity contribution in [3.63, 3.8) is 0 Å². The maximum Gasteiger partial charge on any atom is 0.417 e. The fourth-order valence-corrected chi connectivity index (χ4v) is 5.29. The van der Waals surface area contributed by atoms with Gasteiger partial charge in [-0.05, 0) is 49.8 Å². The van der Waals surface area contributed by atoms with E-state index >= 15 is 0 Å². The van der Waals surface area contributed by atoms with Gasteiger partial charge in [-0.2, -0.15) is 13.2 Å². The molecule has 2 heterocycles. The highest BCUT2D eigenvalue weighted by Gasteiger charge is 2.52. The van der Waals surface area contributed by atoms with E-state index in [0.29, 0.717) is 13.0 Å². The highest BCUT2D eigenvalue weighted by Crippen LogP contribution is 2.53. The zero-order chi connectivity index (χ0) is 27.1. The van der Waals surface area contributed by atoms with Crippen LogP contribution in [0.3, 0.4) is 0 Å². The summed E-state index contributed by atoms with van der Waals surface area (Å²) in [5.74, 6) is -1.13. The summed E-state index contributed by atoms with van der Waals surface area (Å²) in [6, 6.07) is 1.22. The first-order valence-corrected chi connectivity index (χ1v) is 12.5. The summed E-state index contributed by atoms with van der Waals surface area (Å²) in [4.78, 5) is 42.0. The van der Waals surface area contributed by atoms with Crippen LogP contribution < -0.4 is 5.32 Å². The lowest BCUT2D eigenvalue weighted by Gasteiger charge is -2.39. The van der Waals surface area contributed by atoms with Crippen molar-refractivity contribution < 1.29 is 37.1 Å². The molecule has 3 aliphatic rings. The molecule has 37 heavy (non-hydrogen) atoms. The number of rotatable bonds is 5. The Labute approximate surface area is 216 Å². The second-order valence-electron chi connectivity index (χ2n) is 9.99. The number of anilines is 1. The molecule has 0 aromatic heterocycles. The number of benzene rings is 1. The largest absolute Gasteiger partial charge is 0.417 e. The molecule has 204 valence electrons. The van der Waals surface area contributed by atoms with E-state index < -0.39 is 52.9 Å². The van der Waals surface area contributed by atoms with Crippen LogP contribution in [0, 0.1) is 5.41 Å². The SMILES string of the molecule is C[C@H]1C(=O)N(CC[C@H](F)C(=O)N2CCC3(CC3)[C@@H](O)C2)CCN1C(=O)Nc1ccc(C(F)(F)F)c(Cl)c1. The number of β-amino-alcohol motifs (C(OH)–C–C–N with tert-alkyl or cyclic N) is 1. The monoisotopic (exact) mass is 548 g/mol. The van der Waals surface area contributed by atoms with Crippen molar-refractivity contribution in [3.8, 4) is 0 Å². The minimum Gasteiger partial charge on any atom is -0.391 e. The highest BCUT2D eigenvalue weighted by atomic mass is 35.5. The molecule has 1 aliphatic carbocycles.